The maximum atomic E-state index is 9.34. The molecule has 0 atom stereocenters. The van der Waals surface area contributed by atoms with Crippen molar-refractivity contribution in [2.45, 2.75) is 12.8 Å². The lowest BCUT2D eigenvalue weighted by Gasteiger charge is -2.33. The zero-order valence-corrected chi connectivity index (χ0v) is 18.9. The summed E-state index contributed by atoms with van der Waals surface area (Å²) in [4.78, 5) is 9.83. The number of rotatable bonds is 7. The Labute approximate surface area is 194 Å². The number of nitrogens with zero attached hydrogens (tertiary/aromatic N) is 2. The van der Waals surface area contributed by atoms with E-state index >= 15 is 0 Å². The van der Waals surface area contributed by atoms with Crippen LogP contribution < -0.4 is 4.74 Å². The largest absolute Gasteiger partial charge is 0.496 e. The van der Waals surface area contributed by atoms with Gasteiger partial charge in [0.2, 0.25) is 0 Å². The van der Waals surface area contributed by atoms with Crippen LogP contribution in [0.15, 0.2) is 72.4 Å². The average Bonchev–Trinajstić information content (AvgIpc) is 3.36. The molecule has 2 heterocycles. The lowest BCUT2D eigenvalue weighted by atomic mass is 9.97. The molecule has 1 aliphatic rings. The van der Waals surface area contributed by atoms with Crippen molar-refractivity contribution in [2.24, 2.45) is 10.9 Å². The smallest absolute Gasteiger partial charge is 0.130 e. The molecule has 0 saturated carbocycles. The number of amidine groups is 1. The van der Waals surface area contributed by atoms with E-state index in [1.807, 2.05) is 60.8 Å². The summed E-state index contributed by atoms with van der Waals surface area (Å²) in [5, 5.41) is 18.0. The van der Waals surface area contributed by atoms with Crippen LogP contribution in [0.2, 0.25) is 0 Å². The minimum atomic E-state index is 0.233. The Balaban J connectivity index is 1.44. The molecule has 3 aromatic rings. The first-order chi connectivity index (χ1) is 16.1. The topological polar surface area (TPSA) is 84.7 Å². The Hall–Kier alpha value is -3.64. The maximum Gasteiger partial charge on any atom is 0.130 e. The summed E-state index contributed by atoms with van der Waals surface area (Å²) < 4.78 is 5.45. The molecule has 6 heteroatoms. The van der Waals surface area contributed by atoms with Gasteiger partial charge in [-0.25, -0.2) is 4.99 Å². The average molecular weight is 443 g/mol. The van der Waals surface area contributed by atoms with Crippen molar-refractivity contribution in [3.8, 4) is 16.9 Å². The van der Waals surface area contributed by atoms with E-state index in [9.17, 15) is 5.11 Å². The molecule has 170 valence electrons. The first kappa shape index (κ1) is 22.6. The van der Waals surface area contributed by atoms with Crippen molar-refractivity contribution < 1.29 is 9.84 Å². The number of likely N-dealkylation sites (tertiary alicyclic amines) is 1. The Kier molecular flexibility index (Phi) is 7.05. The number of benzene rings is 2. The van der Waals surface area contributed by atoms with Gasteiger partial charge in [0.1, 0.15) is 17.4 Å². The van der Waals surface area contributed by atoms with Gasteiger partial charge in [-0.3, -0.25) is 5.41 Å². The zero-order valence-electron chi connectivity index (χ0n) is 18.9. The number of hydrogen-bond donors (Lipinski definition) is 3. The van der Waals surface area contributed by atoms with Crippen LogP contribution in [0.25, 0.3) is 16.7 Å². The normalized spacial score (nSPS) is 14.5. The number of ether oxygens (including phenoxy) is 1. The number of allylic oxidation sites excluding steroid dienone is 1. The minimum absolute atomic E-state index is 0.233. The Morgan fingerprint density at radius 2 is 1.94 bits per heavy atom. The van der Waals surface area contributed by atoms with E-state index in [0.717, 1.165) is 65.3 Å². The third-order valence-corrected chi connectivity index (χ3v) is 6.14. The van der Waals surface area contributed by atoms with Gasteiger partial charge in [0, 0.05) is 48.8 Å². The van der Waals surface area contributed by atoms with Crippen LogP contribution in [-0.4, -0.2) is 53.8 Å². The quantitative estimate of drug-likeness (QED) is 0.350. The van der Waals surface area contributed by atoms with Crippen molar-refractivity contribution in [3.63, 3.8) is 0 Å². The Bertz CT molecular complexity index is 1160. The second kappa shape index (κ2) is 10.3. The van der Waals surface area contributed by atoms with E-state index in [2.05, 4.69) is 21.5 Å². The number of aliphatic imine (C=N–C) groups is 1. The molecule has 2 aromatic carbocycles. The van der Waals surface area contributed by atoms with Crippen molar-refractivity contribution >= 4 is 23.4 Å². The fourth-order valence-corrected chi connectivity index (χ4v) is 4.11. The number of piperidine rings is 1. The van der Waals surface area contributed by atoms with E-state index in [1.54, 1.807) is 13.3 Å². The number of para-hydroxylation sites is 1. The number of hydrogen-bond acceptors (Lipinski definition) is 4. The lowest BCUT2D eigenvalue weighted by molar-refractivity contribution is 0.166. The second-order valence-electron chi connectivity index (χ2n) is 8.30. The predicted molar refractivity (Wildman–Crippen MR) is 135 cm³/mol. The highest BCUT2D eigenvalue weighted by molar-refractivity contribution is 6.10. The molecule has 1 aliphatic heterocycles. The molecule has 0 aliphatic carbocycles. The molecule has 0 unspecified atom stereocenters. The van der Waals surface area contributed by atoms with E-state index in [1.165, 1.54) is 0 Å². The van der Waals surface area contributed by atoms with Crippen molar-refractivity contribution in [1.82, 2.24) is 9.88 Å². The highest BCUT2D eigenvalue weighted by Gasteiger charge is 2.21. The summed E-state index contributed by atoms with van der Waals surface area (Å²) in [6.45, 7) is 6.01. The highest BCUT2D eigenvalue weighted by Crippen LogP contribution is 2.31. The number of H-pyrrole nitrogens is 1. The third-order valence-electron chi connectivity index (χ3n) is 6.14. The second-order valence-corrected chi connectivity index (χ2v) is 8.30. The molecule has 0 amide bonds. The minimum Gasteiger partial charge on any atom is -0.496 e. The van der Waals surface area contributed by atoms with Gasteiger partial charge in [-0.1, -0.05) is 43.0 Å². The van der Waals surface area contributed by atoms with E-state index in [0.29, 0.717) is 11.8 Å². The fraction of sp³-hybridized carbons (Fsp3) is 0.259. The number of aromatic nitrogens is 1. The molecule has 0 radical (unpaired) electrons. The van der Waals surface area contributed by atoms with Crippen molar-refractivity contribution in [2.75, 3.05) is 26.8 Å². The monoisotopic (exact) mass is 442 g/mol. The summed E-state index contributed by atoms with van der Waals surface area (Å²) in [5.74, 6) is 2.42. The summed E-state index contributed by atoms with van der Waals surface area (Å²) in [7, 11) is 1.67. The lowest BCUT2D eigenvalue weighted by Crippen LogP contribution is -2.39. The SMILES string of the molecule is C=C(/C=N\c1cc(-c2ccccc2OC)c[nH]1)c1cccc(C(=N)N2CCC(CO)CC2)c1. The number of nitrogens with one attached hydrogen (secondary N) is 2. The first-order valence-corrected chi connectivity index (χ1v) is 11.2. The van der Waals surface area contributed by atoms with Crippen LogP contribution in [0.4, 0.5) is 5.82 Å². The maximum absolute atomic E-state index is 9.34. The fourth-order valence-electron chi connectivity index (χ4n) is 4.11. The van der Waals surface area contributed by atoms with Crippen LogP contribution in [0, 0.1) is 11.3 Å². The van der Waals surface area contributed by atoms with Gasteiger partial charge in [-0.2, -0.15) is 0 Å². The molecular formula is C27H30N4O2. The van der Waals surface area contributed by atoms with Gasteiger partial charge in [-0.05, 0) is 48.1 Å². The number of aliphatic hydroxyl groups is 1. The molecular weight excluding hydrogens is 412 g/mol. The number of methoxy groups -OCH3 is 1. The zero-order chi connectivity index (χ0) is 23.2. The first-order valence-electron chi connectivity index (χ1n) is 11.2. The Morgan fingerprint density at radius 1 is 1.18 bits per heavy atom. The van der Waals surface area contributed by atoms with Gasteiger partial charge in [0.15, 0.2) is 0 Å². The summed E-state index contributed by atoms with van der Waals surface area (Å²) in [5.41, 5.74) is 4.58. The van der Waals surface area contributed by atoms with Gasteiger partial charge in [-0.15, -0.1) is 0 Å². The molecule has 1 saturated heterocycles. The molecule has 4 rings (SSSR count). The Morgan fingerprint density at radius 3 is 2.70 bits per heavy atom. The number of aromatic amines is 1. The van der Waals surface area contributed by atoms with Gasteiger partial charge < -0.3 is 19.7 Å². The van der Waals surface area contributed by atoms with Crippen molar-refractivity contribution in [3.05, 3.63) is 78.5 Å². The van der Waals surface area contributed by atoms with Gasteiger partial charge in [0.05, 0.1) is 7.11 Å². The van der Waals surface area contributed by atoms with E-state index in [-0.39, 0.29) is 6.61 Å². The van der Waals surface area contributed by atoms with Crippen LogP contribution >= 0.6 is 0 Å². The summed E-state index contributed by atoms with van der Waals surface area (Å²) in [6, 6.07) is 17.7. The predicted octanol–water partition coefficient (Wildman–Crippen LogP) is 5.14. The molecule has 1 aromatic heterocycles. The summed E-state index contributed by atoms with van der Waals surface area (Å²) in [6.07, 6.45) is 5.50. The highest BCUT2D eigenvalue weighted by atomic mass is 16.5. The van der Waals surface area contributed by atoms with Crippen molar-refractivity contribution in [1.29, 1.82) is 5.41 Å². The molecule has 1 fully saturated rings. The number of aliphatic hydroxyl groups excluding tert-OH is 1. The molecule has 0 spiro atoms. The van der Waals surface area contributed by atoms with E-state index < -0.39 is 0 Å². The molecule has 6 nitrogen and oxygen atoms in total. The van der Waals surface area contributed by atoms with Crippen LogP contribution in [0.3, 0.4) is 0 Å². The standard InChI is InChI=1S/C27H30N4O2/c1-19(16-29-26-15-23(17-30-26)24-8-3-4-9-25(24)33-2)21-6-5-7-22(14-21)27(28)31-12-10-20(18-32)11-13-31/h3-9,14-17,20,28,30,32H,1,10-13,18H2,2H3/b28-27?,29-16-. The van der Waals surface area contributed by atoms with Crippen LogP contribution in [0.5, 0.6) is 5.75 Å². The van der Waals surface area contributed by atoms with Crippen LogP contribution in [-0.2, 0) is 0 Å². The van der Waals surface area contributed by atoms with Gasteiger partial charge in [0.25, 0.3) is 0 Å². The summed E-state index contributed by atoms with van der Waals surface area (Å²) >= 11 is 0. The molecule has 0 bridgehead atoms. The van der Waals surface area contributed by atoms with Gasteiger partial charge >= 0.3 is 0 Å². The molecule has 33 heavy (non-hydrogen) atoms. The third kappa shape index (κ3) is 5.23. The molecule has 3 N–H and O–H groups in total. The van der Waals surface area contributed by atoms with E-state index in [4.69, 9.17) is 10.1 Å². The van der Waals surface area contributed by atoms with Crippen LogP contribution in [0.1, 0.15) is 24.0 Å².